The number of benzene rings is 2. The van der Waals surface area contributed by atoms with E-state index in [0.29, 0.717) is 11.1 Å². The molecule has 112 valence electrons. The van der Waals surface area contributed by atoms with Crippen LogP contribution in [0.2, 0.25) is 0 Å². The molecule has 0 aliphatic carbocycles. The van der Waals surface area contributed by atoms with Crippen LogP contribution in [-0.4, -0.2) is 22.2 Å². The topological polar surface area (TPSA) is 87.0 Å². The van der Waals surface area contributed by atoms with Crippen LogP contribution < -0.4 is 0 Å². The molecular formula is C15H17O5P. The van der Waals surface area contributed by atoms with Gasteiger partial charge in [-0.05, 0) is 42.3 Å². The van der Waals surface area contributed by atoms with Crippen LogP contribution in [-0.2, 0) is 14.2 Å². The minimum absolute atomic E-state index is 0.0667. The van der Waals surface area contributed by atoms with E-state index in [1.54, 1.807) is 31.2 Å². The summed E-state index contributed by atoms with van der Waals surface area (Å²) in [5, 5.41) is 17.5. The molecule has 0 bridgehead atoms. The lowest BCUT2D eigenvalue weighted by Gasteiger charge is -2.33. The third-order valence-corrected chi connectivity index (χ3v) is 5.81. The number of hydrogen-bond acceptors (Lipinski definition) is 4. The van der Waals surface area contributed by atoms with E-state index in [1.807, 2.05) is 0 Å². The van der Waals surface area contributed by atoms with Crippen molar-refractivity contribution in [3.05, 3.63) is 59.7 Å². The van der Waals surface area contributed by atoms with Gasteiger partial charge in [0.1, 0.15) is 16.7 Å². The third kappa shape index (κ3) is 2.68. The van der Waals surface area contributed by atoms with Crippen LogP contribution in [0.5, 0.6) is 11.5 Å². The standard InChI is InChI=1S/C15H17O5P/c1-15(21(18,19)20-2,11-3-7-13(16)8-4-11)12-5-9-14(17)10-6-12/h3-10,16-17H,1-2H3,(H,18,19). The molecule has 1 unspecified atom stereocenters. The van der Waals surface area contributed by atoms with E-state index in [4.69, 9.17) is 4.52 Å². The average Bonchev–Trinajstić information content (AvgIpc) is 2.47. The second-order valence-electron chi connectivity index (χ2n) is 4.87. The van der Waals surface area contributed by atoms with Crippen LogP contribution in [0.15, 0.2) is 48.5 Å². The van der Waals surface area contributed by atoms with Gasteiger partial charge in [-0.15, -0.1) is 0 Å². The van der Waals surface area contributed by atoms with Crippen LogP contribution in [0.25, 0.3) is 0 Å². The first kappa shape index (κ1) is 15.6. The van der Waals surface area contributed by atoms with Gasteiger partial charge in [0, 0.05) is 7.11 Å². The highest BCUT2D eigenvalue weighted by Crippen LogP contribution is 2.63. The highest BCUT2D eigenvalue weighted by molar-refractivity contribution is 7.54. The summed E-state index contributed by atoms with van der Waals surface area (Å²) in [7, 11) is -2.85. The Morgan fingerprint density at radius 3 is 1.52 bits per heavy atom. The van der Waals surface area contributed by atoms with Gasteiger partial charge >= 0.3 is 7.60 Å². The maximum atomic E-state index is 12.6. The lowest BCUT2D eigenvalue weighted by Crippen LogP contribution is -2.24. The fourth-order valence-corrected chi connectivity index (χ4v) is 3.56. The molecule has 0 fully saturated rings. The molecule has 0 spiro atoms. The zero-order valence-electron chi connectivity index (χ0n) is 11.7. The number of aromatic hydroxyl groups is 2. The predicted molar refractivity (Wildman–Crippen MR) is 79.5 cm³/mol. The summed E-state index contributed by atoms with van der Waals surface area (Å²) < 4.78 is 17.4. The van der Waals surface area contributed by atoms with Crippen molar-refractivity contribution in [3.63, 3.8) is 0 Å². The Morgan fingerprint density at radius 2 is 1.24 bits per heavy atom. The molecule has 0 heterocycles. The first-order valence-electron chi connectivity index (χ1n) is 6.29. The van der Waals surface area contributed by atoms with Crippen LogP contribution in [0, 0.1) is 0 Å². The van der Waals surface area contributed by atoms with Gasteiger partial charge in [0.25, 0.3) is 0 Å². The molecule has 3 N–H and O–H groups in total. The van der Waals surface area contributed by atoms with Crippen molar-refractivity contribution in [2.75, 3.05) is 7.11 Å². The van der Waals surface area contributed by atoms with Gasteiger partial charge in [-0.2, -0.15) is 0 Å². The van der Waals surface area contributed by atoms with Gasteiger partial charge in [-0.1, -0.05) is 24.3 Å². The monoisotopic (exact) mass is 308 g/mol. The van der Waals surface area contributed by atoms with Crippen LogP contribution in [0.3, 0.4) is 0 Å². The van der Waals surface area contributed by atoms with Gasteiger partial charge in [0.05, 0.1) is 0 Å². The van der Waals surface area contributed by atoms with Crippen molar-refractivity contribution in [2.24, 2.45) is 0 Å². The molecular weight excluding hydrogens is 291 g/mol. The molecule has 21 heavy (non-hydrogen) atoms. The maximum Gasteiger partial charge on any atom is 0.342 e. The SMILES string of the molecule is COP(=O)(O)C(C)(c1ccc(O)cc1)c1ccc(O)cc1. The number of rotatable bonds is 4. The van der Waals surface area contributed by atoms with Crippen molar-refractivity contribution >= 4 is 7.60 Å². The number of hydrogen-bond donors (Lipinski definition) is 3. The quantitative estimate of drug-likeness (QED) is 0.755. The molecule has 0 aliphatic heterocycles. The van der Waals surface area contributed by atoms with Gasteiger partial charge in [-0.25, -0.2) is 0 Å². The summed E-state index contributed by atoms with van der Waals surface area (Å²) >= 11 is 0. The molecule has 5 nitrogen and oxygen atoms in total. The van der Waals surface area contributed by atoms with E-state index in [0.717, 1.165) is 0 Å². The van der Waals surface area contributed by atoms with Crippen LogP contribution in [0.4, 0.5) is 0 Å². The summed E-state index contributed by atoms with van der Waals surface area (Å²) in [4.78, 5) is 10.3. The average molecular weight is 308 g/mol. The fourth-order valence-electron chi connectivity index (χ4n) is 2.25. The van der Waals surface area contributed by atoms with E-state index < -0.39 is 12.8 Å². The van der Waals surface area contributed by atoms with E-state index in [2.05, 4.69) is 0 Å². The van der Waals surface area contributed by atoms with E-state index in [-0.39, 0.29) is 11.5 Å². The Hall–Kier alpha value is -1.81. The van der Waals surface area contributed by atoms with Crippen molar-refractivity contribution in [2.45, 2.75) is 12.1 Å². The molecule has 0 aromatic heterocycles. The van der Waals surface area contributed by atoms with E-state index in [9.17, 15) is 19.7 Å². The number of phenols is 2. The van der Waals surface area contributed by atoms with Gasteiger partial charge < -0.3 is 19.6 Å². The molecule has 2 rings (SSSR count). The summed E-state index contributed by atoms with van der Waals surface area (Å²) in [5.74, 6) is 0.133. The van der Waals surface area contributed by atoms with Gasteiger partial charge in [0.15, 0.2) is 0 Å². The minimum Gasteiger partial charge on any atom is -0.508 e. The molecule has 6 heteroatoms. The largest absolute Gasteiger partial charge is 0.508 e. The Bertz CT molecular complexity index is 618. The molecule has 1 atom stereocenters. The fraction of sp³-hybridized carbons (Fsp3) is 0.200. The van der Waals surface area contributed by atoms with Crippen molar-refractivity contribution in [3.8, 4) is 11.5 Å². The summed E-state index contributed by atoms with van der Waals surface area (Å²) in [6.07, 6.45) is 0. The van der Waals surface area contributed by atoms with E-state index >= 15 is 0 Å². The second kappa shape index (κ2) is 5.53. The minimum atomic E-state index is -4.03. The Balaban J connectivity index is 2.68. The zero-order chi connectivity index (χ0) is 15.7. The Morgan fingerprint density at radius 1 is 0.905 bits per heavy atom. The van der Waals surface area contributed by atoms with E-state index in [1.165, 1.54) is 31.4 Å². The molecule has 0 amide bonds. The second-order valence-corrected chi connectivity index (χ2v) is 7.17. The maximum absolute atomic E-state index is 12.6. The molecule has 0 aliphatic rings. The van der Waals surface area contributed by atoms with Crippen LogP contribution in [0.1, 0.15) is 18.1 Å². The lowest BCUT2D eigenvalue weighted by molar-refractivity contribution is 0.292. The van der Waals surface area contributed by atoms with Crippen LogP contribution >= 0.6 is 7.60 Å². The lowest BCUT2D eigenvalue weighted by atomic mass is 9.92. The van der Waals surface area contributed by atoms with Gasteiger partial charge in [-0.3, -0.25) is 4.57 Å². The van der Waals surface area contributed by atoms with Gasteiger partial charge in [0.2, 0.25) is 0 Å². The normalized spacial score (nSPS) is 14.6. The summed E-state index contributed by atoms with van der Waals surface area (Å²) in [6, 6.07) is 12.1. The zero-order valence-corrected chi connectivity index (χ0v) is 12.6. The molecule has 0 saturated carbocycles. The molecule has 0 saturated heterocycles. The Labute approximate surface area is 123 Å². The summed E-state index contributed by atoms with van der Waals surface area (Å²) in [6.45, 7) is 1.59. The Kier molecular flexibility index (Phi) is 4.10. The molecule has 0 radical (unpaired) electrons. The number of phenolic OH excluding ortho intramolecular Hbond substituents is 2. The first-order valence-corrected chi connectivity index (χ1v) is 7.86. The molecule has 2 aromatic carbocycles. The summed E-state index contributed by atoms with van der Waals surface area (Å²) in [5.41, 5.74) is 1.05. The predicted octanol–water partition coefficient (Wildman–Crippen LogP) is 3.19. The highest BCUT2D eigenvalue weighted by Gasteiger charge is 2.47. The third-order valence-electron chi connectivity index (χ3n) is 3.67. The highest BCUT2D eigenvalue weighted by atomic mass is 31.2. The van der Waals surface area contributed by atoms with Crippen molar-refractivity contribution in [1.29, 1.82) is 0 Å². The van der Waals surface area contributed by atoms with Crippen molar-refractivity contribution < 1.29 is 24.2 Å². The van der Waals surface area contributed by atoms with Crippen molar-refractivity contribution in [1.82, 2.24) is 0 Å². The molecule has 2 aromatic rings. The smallest absolute Gasteiger partial charge is 0.342 e. The first-order chi connectivity index (χ1) is 9.81.